The summed E-state index contributed by atoms with van der Waals surface area (Å²) in [6.07, 6.45) is 0.186. The predicted molar refractivity (Wildman–Crippen MR) is 67.6 cm³/mol. The molecule has 1 rings (SSSR count). The van der Waals surface area contributed by atoms with Gasteiger partial charge in [0.1, 0.15) is 5.82 Å². The van der Waals surface area contributed by atoms with Gasteiger partial charge < -0.3 is 4.74 Å². The number of hydrogen-bond acceptors (Lipinski definition) is 2. The van der Waals surface area contributed by atoms with E-state index in [0.717, 1.165) is 9.13 Å². The summed E-state index contributed by atoms with van der Waals surface area (Å²) in [6.45, 7) is 0. The molecule has 0 saturated heterocycles. The van der Waals surface area contributed by atoms with Crippen LogP contribution in [-0.2, 0) is 16.0 Å². The zero-order valence-electron chi connectivity index (χ0n) is 7.31. The van der Waals surface area contributed by atoms with Gasteiger partial charge in [-0.05, 0) is 62.9 Å². The summed E-state index contributed by atoms with van der Waals surface area (Å²) in [6, 6.07) is 3.08. The molecule has 0 aliphatic heterocycles. The summed E-state index contributed by atoms with van der Waals surface area (Å²) in [7, 11) is 1.34. The monoisotopic (exact) mass is 420 g/mol. The Balaban J connectivity index is 2.98. The highest BCUT2D eigenvalue weighted by Gasteiger charge is 2.10. The molecule has 0 atom stereocenters. The maximum Gasteiger partial charge on any atom is 0.310 e. The number of rotatable bonds is 2. The summed E-state index contributed by atoms with van der Waals surface area (Å²) < 4.78 is 18.8. The van der Waals surface area contributed by atoms with Crippen LogP contribution in [0.25, 0.3) is 0 Å². The molecule has 1 aromatic rings. The van der Waals surface area contributed by atoms with E-state index in [4.69, 9.17) is 0 Å². The fourth-order valence-corrected chi connectivity index (χ4v) is 2.08. The second-order valence-corrected chi connectivity index (χ2v) is 4.94. The van der Waals surface area contributed by atoms with Gasteiger partial charge >= 0.3 is 5.97 Å². The third-order valence-electron chi connectivity index (χ3n) is 1.65. The van der Waals surface area contributed by atoms with Crippen molar-refractivity contribution in [2.75, 3.05) is 7.11 Å². The molecule has 0 N–H and O–H groups in total. The topological polar surface area (TPSA) is 26.3 Å². The fraction of sp³-hybridized carbons (Fsp3) is 0.222. The molecule has 0 aromatic heterocycles. The Labute approximate surface area is 108 Å². The van der Waals surface area contributed by atoms with Crippen LogP contribution >= 0.6 is 45.2 Å². The molecule has 0 aliphatic carbocycles. The number of methoxy groups -OCH3 is 1. The molecule has 0 bridgehead atoms. The normalized spacial score (nSPS) is 10.0. The Hall–Kier alpha value is 0.0800. The van der Waals surface area contributed by atoms with Crippen LogP contribution in [-0.4, -0.2) is 13.1 Å². The molecule has 0 radical (unpaired) electrons. The Kier molecular flexibility index (Phi) is 4.55. The number of carbonyl (C=O) groups is 1. The number of ether oxygens (including phenoxy) is 1. The quantitative estimate of drug-likeness (QED) is 0.418. The number of carbonyl (C=O) groups excluding carboxylic acids is 1. The second-order valence-electron chi connectivity index (χ2n) is 2.61. The maximum absolute atomic E-state index is 13.1. The lowest BCUT2D eigenvalue weighted by Crippen LogP contribution is -2.06. The Morgan fingerprint density at radius 2 is 2.07 bits per heavy atom. The van der Waals surface area contributed by atoms with Gasteiger partial charge in [0, 0.05) is 7.14 Å². The van der Waals surface area contributed by atoms with Gasteiger partial charge in [-0.25, -0.2) is 4.39 Å². The molecule has 0 heterocycles. The van der Waals surface area contributed by atoms with Gasteiger partial charge in [0.25, 0.3) is 0 Å². The molecule has 0 amide bonds. The van der Waals surface area contributed by atoms with Crippen LogP contribution < -0.4 is 0 Å². The minimum absolute atomic E-state index is 0.186. The highest BCUT2D eigenvalue weighted by atomic mass is 127. The molecule has 2 nitrogen and oxygen atoms in total. The predicted octanol–water partition coefficient (Wildman–Crippen LogP) is 2.75. The zero-order valence-corrected chi connectivity index (χ0v) is 11.6. The minimum Gasteiger partial charge on any atom is -0.469 e. The van der Waals surface area contributed by atoms with Gasteiger partial charge in [0.15, 0.2) is 0 Å². The van der Waals surface area contributed by atoms with Crippen molar-refractivity contribution in [3.05, 3.63) is 30.7 Å². The van der Waals surface area contributed by atoms with E-state index in [1.165, 1.54) is 13.2 Å². The zero-order chi connectivity index (χ0) is 10.7. The smallest absolute Gasteiger partial charge is 0.310 e. The lowest BCUT2D eigenvalue weighted by Gasteiger charge is -2.04. The lowest BCUT2D eigenvalue weighted by molar-refractivity contribution is -0.139. The minimum atomic E-state index is -0.315. The first-order valence-corrected chi connectivity index (χ1v) is 5.90. The van der Waals surface area contributed by atoms with Crippen LogP contribution in [0.1, 0.15) is 5.56 Å². The van der Waals surface area contributed by atoms with Crippen molar-refractivity contribution in [3.63, 3.8) is 0 Å². The maximum atomic E-state index is 13.1. The Bertz CT molecular complexity index is 366. The first-order chi connectivity index (χ1) is 6.54. The summed E-state index contributed by atoms with van der Waals surface area (Å²) in [5, 5.41) is 0. The van der Waals surface area contributed by atoms with Gasteiger partial charge in [0.05, 0.1) is 13.5 Å². The number of benzene rings is 1. The van der Waals surface area contributed by atoms with Crippen LogP contribution in [0.4, 0.5) is 4.39 Å². The molecule has 0 aliphatic rings. The van der Waals surface area contributed by atoms with Crippen LogP contribution in [0.5, 0.6) is 0 Å². The van der Waals surface area contributed by atoms with Crippen LogP contribution in [0, 0.1) is 13.0 Å². The Morgan fingerprint density at radius 3 is 2.64 bits per heavy atom. The SMILES string of the molecule is COC(=O)Cc1cc(I)c(F)cc1I. The average Bonchev–Trinajstić information content (AvgIpc) is 2.14. The van der Waals surface area contributed by atoms with Crippen molar-refractivity contribution < 1.29 is 13.9 Å². The van der Waals surface area contributed by atoms with Gasteiger partial charge in [0.2, 0.25) is 0 Å². The third-order valence-corrected chi connectivity index (χ3v) is 3.48. The van der Waals surface area contributed by atoms with Crippen LogP contribution in [0.15, 0.2) is 12.1 Å². The van der Waals surface area contributed by atoms with Crippen LogP contribution in [0.3, 0.4) is 0 Å². The lowest BCUT2D eigenvalue weighted by atomic mass is 10.1. The molecule has 0 unspecified atom stereocenters. The number of hydrogen-bond donors (Lipinski definition) is 0. The van der Waals surface area contributed by atoms with E-state index in [0.29, 0.717) is 3.57 Å². The van der Waals surface area contributed by atoms with Crippen LogP contribution in [0.2, 0.25) is 0 Å². The molecule has 5 heteroatoms. The van der Waals surface area contributed by atoms with E-state index in [1.54, 1.807) is 6.07 Å². The molecule has 14 heavy (non-hydrogen) atoms. The number of halogens is 3. The number of esters is 1. The van der Waals surface area contributed by atoms with E-state index < -0.39 is 0 Å². The van der Waals surface area contributed by atoms with Gasteiger partial charge in [-0.1, -0.05) is 0 Å². The van der Waals surface area contributed by atoms with E-state index in [1.807, 2.05) is 45.2 Å². The highest BCUT2D eigenvalue weighted by Crippen LogP contribution is 2.20. The van der Waals surface area contributed by atoms with Gasteiger partial charge in [-0.2, -0.15) is 0 Å². The van der Waals surface area contributed by atoms with Gasteiger partial charge in [-0.3, -0.25) is 4.79 Å². The largest absolute Gasteiger partial charge is 0.469 e. The Morgan fingerprint density at radius 1 is 1.43 bits per heavy atom. The van der Waals surface area contributed by atoms with Crippen molar-refractivity contribution in [1.29, 1.82) is 0 Å². The summed E-state index contributed by atoms with van der Waals surface area (Å²) in [5.74, 6) is -0.575. The van der Waals surface area contributed by atoms with Crippen molar-refractivity contribution in [3.8, 4) is 0 Å². The first-order valence-electron chi connectivity index (χ1n) is 3.75. The van der Waals surface area contributed by atoms with E-state index in [2.05, 4.69) is 4.74 Å². The third kappa shape index (κ3) is 3.04. The fourth-order valence-electron chi connectivity index (χ4n) is 0.927. The molecular weight excluding hydrogens is 413 g/mol. The summed E-state index contributed by atoms with van der Waals surface area (Å²) in [4.78, 5) is 11.0. The van der Waals surface area contributed by atoms with E-state index in [9.17, 15) is 9.18 Å². The van der Waals surface area contributed by atoms with Crippen molar-refractivity contribution in [1.82, 2.24) is 0 Å². The first kappa shape index (κ1) is 12.2. The molecule has 0 spiro atoms. The van der Waals surface area contributed by atoms with Crippen molar-refractivity contribution in [2.45, 2.75) is 6.42 Å². The second kappa shape index (κ2) is 5.24. The molecule has 76 valence electrons. The molecule has 0 saturated carbocycles. The van der Waals surface area contributed by atoms with Crippen molar-refractivity contribution >= 4 is 51.2 Å². The standard InChI is InChI=1S/C9H7FI2O2/c1-14-9(13)3-5-2-8(12)6(10)4-7(5)11/h2,4H,3H2,1H3. The van der Waals surface area contributed by atoms with Crippen molar-refractivity contribution in [2.24, 2.45) is 0 Å². The average molecular weight is 420 g/mol. The van der Waals surface area contributed by atoms with E-state index in [-0.39, 0.29) is 18.2 Å². The van der Waals surface area contributed by atoms with E-state index >= 15 is 0 Å². The summed E-state index contributed by atoms with van der Waals surface area (Å²) >= 11 is 3.90. The molecule has 0 fully saturated rings. The van der Waals surface area contributed by atoms with Gasteiger partial charge in [-0.15, -0.1) is 0 Å². The highest BCUT2D eigenvalue weighted by molar-refractivity contribution is 14.1. The molecular formula is C9H7FI2O2. The summed E-state index contributed by atoms with van der Waals surface area (Å²) in [5.41, 5.74) is 0.795. The molecule has 1 aromatic carbocycles.